The van der Waals surface area contributed by atoms with Crippen LogP contribution in [0.15, 0.2) is 18.2 Å². The van der Waals surface area contributed by atoms with Gasteiger partial charge in [0.1, 0.15) is 11.5 Å². The van der Waals surface area contributed by atoms with Gasteiger partial charge < -0.3 is 14.6 Å². The molecular formula is C16H24O4. The second-order valence-electron chi connectivity index (χ2n) is 5.13. The predicted octanol–water partition coefficient (Wildman–Crippen LogP) is 3.27. The van der Waals surface area contributed by atoms with Crippen LogP contribution in [0.5, 0.6) is 11.5 Å². The van der Waals surface area contributed by atoms with Crippen LogP contribution in [0.1, 0.15) is 39.7 Å². The SMILES string of the molecule is CCOC(=O)C(C)C(C)(CC)c1ccc(OC)cc1O. The number of carbonyl (C=O) groups is 1. The molecule has 0 spiro atoms. The minimum Gasteiger partial charge on any atom is -0.508 e. The number of phenols is 1. The van der Waals surface area contributed by atoms with Crippen molar-refractivity contribution in [1.29, 1.82) is 0 Å². The van der Waals surface area contributed by atoms with E-state index in [4.69, 9.17) is 9.47 Å². The van der Waals surface area contributed by atoms with E-state index in [1.165, 1.54) is 0 Å². The Hall–Kier alpha value is -1.71. The molecule has 0 aromatic heterocycles. The smallest absolute Gasteiger partial charge is 0.309 e. The highest BCUT2D eigenvalue weighted by atomic mass is 16.5. The van der Waals surface area contributed by atoms with Crippen molar-refractivity contribution in [3.63, 3.8) is 0 Å². The predicted molar refractivity (Wildman–Crippen MR) is 78.1 cm³/mol. The third-order valence-corrected chi connectivity index (χ3v) is 4.15. The molecule has 0 saturated heterocycles. The summed E-state index contributed by atoms with van der Waals surface area (Å²) in [5.41, 5.74) is 0.254. The van der Waals surface area contributed by atoms with E-state index in [0.717, 1.165) is 5.56 Å². The number of hydrogen-bond acceptors (Lipinski definition) is 4. The number of rotatable bonds is 6. The Morgan fingerprint density at radius 2 is 2.05 bits per heavy atom. The maximum Gasteiger partial charge on any atom is 0.309 e. The quantitative estimate of drug-likeness (QED) is 0.813. The first-order valence-corrected chi connectivity index (χ1v) is 6.94. The molecule has 0 bridgehead atoms. The van der Waals surface area contributed by atoms with Gasteiger partial charge in [-0.3, -0.25) is 4.79 Å². The molecule has 4 heteroatoms. The minimum atomic E-state index is -0.484. The van der Waals surface area contributed by atoms with Crippen LogP contribution in [-0.4, -0.2) is 24.8 Å². The number of ether oxygens (including phenoxy) is 2. The van der Waals surface area contributed by atoms with Gasteiger partial charge in [0, 0.05) is 17.0 Å². The lowest BCUT2D eigenvalue weighted by Crippen LogP contribution is -2.36. The number of phenolic OH excluding ortho intramolecular Hbond substituents is 1. The second-order valence-corrected chi connectivity index (χ2v) is 5.13. The van der Waals surface area contributed by atoms with E-state index < -0.39 is 5.41 Å². The van der Waals surface area contributed by atoms with E-state index in [1.807, 2.05) is 26.8 Å². The summed E-state index contributed by atoms with van der Waals surface area (Å²) in [6, 6.07) is 5.18. The van der Waals surface area contributed by atoms with Crippen LogP contribution in [0.25, 0.3) is 0 Å². The van der Waals surface area contributed by atoms with E-state index in [-0.39, 0.29) is 17.6 Å². The summed E-state index contributed by atoms with van der Waals surface area (Å²) in [7, 11) is 1.55. The van der Waals surface area contributed by atoms with Crippen LogP contribution < -0.4 is 4.74 Å². The highest BCUT2D eigenvalue weighted by Crippen LogP contribution is 2.41. The van der Waals surface area contributed by atoms with E-state index in [1.54, 1.807) is 26.2 Å². The summed E-state index contributed by atoms with van der Waals surface area (Å²) < 4.78 is 10.2. The first kappa shape index (κ1) is 16.3. The first-order chi connectivity index (χ1) is 9.40. The monoisotopic (exact) mass is 280 g/mol. The summed E-state index contributed by atoms with van der Waals surface area (Å²) in [5.74, 6) is 0.150. The molecule has 0 aliphatic carbocycles. The Kier molecular flexibility index (Phi) is 5.43. The van der Waals surface area contributed by atoms with E-state index >= 15 is 0 Å². The van der Waals surface area contributed by atoms with Crippen molar-refractivity contribution in [2.24, 2.45) is 5.92 Å². The average molecular weight is 280 g/mol. The molecule has 0 amide bonds. The number of esters is 1. The van der Waals surface area contributed by atoms with Crippen LogP contribution in [-0.2, 0) is 14.9 Å². The first-order valence-electron chi connectivity index (χ1n) is 6.94. The van der Waals surface area contributed by atoms with E-state index in [9.17, 15) is 9.90 Å². The number of methoxy groups -OCH3 is 1. The lowest BCUT2D eigenvalue weighted by atomic mass is 9.70. The van der Waals surface area contributed by atoms with Crippen LogP contribution >= 0.6 is 0 Å². The van der Waals surface area contributed by atoms with Gasteiger partial charge in [-0.05, 0) is 19.4 Å². The van der Waals surface area contributed by atoms with Gasteiger partial charge in [-0.25, -0.2) is 0 Å². The van der Waals surface area contributed by atoms with Gasteiger partial charge in [0.25, 0.3) is 0 Å². The zero-order valence-electron chi connectivity index (χ0n) is 12.9. The molecule has 2 unspecified atom stereocenters. The number of aromatic hydroxyl groups is 1. The van der Waals surface area contributed by atoms with Gasteiger partial charge in [0.15, 0.2) is 0 Å². The molecule has 0 saturated carbocycles. The van der Waals surface area contributed by atoms with E-state index in [0.29, 0.717) is 18.8 Å². The molecule has 0 heterocycles. The third-order valence-electron chi connectivity index (χ3n) is 4.15. The van der Waals surface area contributed by atoms with Gasteiger partial charge >= 0.3 is 5.97 Å². The van der Waals surface area contributed by atoms with Gasteiger partial charge in [0.2, 0.25) is 0 Å². The van der Waals surface area contributed by atoms with Crippen molar-refractivity contribution in [1.82, 2.24) is 0 Å². The number of benzene rings is 1. The largest absolute Gasteiger partial charge is 0.508 e. The third kappa shape index (κ3) is 3.06. The number of hydrogen-bond donors (Lipinski definition) is 1. The van der Waals surface area contributed by atoms with E-state index in [2.05, 4.69) is 0 Å². The zero-order valence-corrected chi connectivity index (χ0v) is 12.9. The lowest BCUT2D eigenvalue weighted by molar-refractivity contribution is -0.149. The molecule has 112 valence electrons. The van der Waals surface area contributed by atoms with Crippen LogP contribution in [0.4, 0.5) is 0 Å². The average Bonchev–Trinajstić information content (AvgIpc) is 2.45. The van der Waals surface area contributed by atoms with Crippen molar-refractivity contribution >= 4 is 5.97 Å². The molecule has 4 nitrogen and oxygen atoms in total. The summed E-state index contributed by atoms with van der Waals surface area (Å²) in [6.07, 6.45) is 0.715. The summed E-state index contributed by atoms with van der Waals surface area (Å²) in [5, 5.41) is 10.2. The summed E-state index contributed by atoms with van der Waals surface area (Å²) in [6.45, 7) is 7.96. The molecule has 1 aromatic rings. The van der Waals surface area contributed by atoms with Crippen LogP contribution in [0.2, 0.25) is 0 Å². The Bertz CT molecular complexity index is 470. The van der Waals surface area contributed by atoms with Gasteiger partial charge in [-0.15, -0.1) is 0 Å². The van der Waals surface area contributed by atoms with Crippen molar-refractivity contribution < 1.29 is 19.4 Å². The van der Waals surface area contributed by atoms with Gasteiger partial charge in [-0.2, -0.15) is 0 Å². The molecular weight excluding hydrogens is 256 g/mol. The molecule has 0 fully saturated rings. The second kappa shape index (κ2) is 6.64. The standard InChI is InChI=1S/C16H24O4/c1-6-16(4,11(3)15(18)20-7-2)13-9-8-12(19-5)10-14(13)17/h8-11,17H,6-7H2,1-5H3. The molecule has 0 radical (unpaired) electrons. The van der Waals surface area contributed by atoms with Crippen molar-refractivity contribution in [2.45, 2.75) is 39.5 Å². The van der Waals surface area contributed by atoms with Crippen molar-refractivity contribution in [3.05, 3.63) is 23.8 Å². The lowest BCUT2D eigenvalue weighted by Gasteiger charge is -2.34. The maximum absolute atomic E-state index is 12.0. The zero-order chi connectivity index (χ0) is 15.3. The van der Waals surface area contributed by atoms with Gasteiger partial charge in [0.05, 0.1) is 19.6 Å². The Balaban J connectivity index is 3.19. The fraction of sp³-hybridized carbons (Fsp3) is 0.562. The Morgan fingerprint density at radius 3 is 2.50 bits per heavy atom. The molecule has 1 N–H and O–H groups in total. The minimum absolute atomic E-state index is 0.143. The fourth-order valence-electron chi connectivity index (χ4n) is 2.38. The van der Waals surface area contributed by atoms with Gasteiger partial charge in [-0.1, -0.05) is 26.8 Å². The molecule has 1 aromatic carbocycles. The summed E-state index contributed by atoms with van der Waals surface area (Å²) in [4.78, 5) is 12.0. The molecule has 0 aliphatic rings. The maximum atomic E-state index is 12.0. The normalized spacial score (nSPS) is 15.2. The molecule has 0 aliphatic heterocycles. The topological polar surface area (TPSA) is 55.8 Å². The molecule has 2 atom stereocenters. The van der Waals surface area contributed by atoms with Crippen molar-refractivity contribution in [2.75, 3.05) is 13.7 Å². The van der Waals surface area contributed by atoms with Crippen LogP contribution in [0.3, 0.4) is 0 Å². The molecule has 20 heavy (non-hydrogen) atoms. The Labute approximate surface area is 120 Å². The Morgan fingerprint density at radius 1 is 1.40 bits per heavy atom. The highest BCUT2D eigenvalue weighted by molar-refractivity contribution is 5.74. The summed E-state index contributed by atoms with van der Waals surface area (Å²) >= 11 is 0. The fourth-order valence-corrected chi connectivity index (χ4v) is 2.38. The molecule has 1 rings (SSSR count). The van der Waals surface area contributed by atoms with Crippen LogP contribution in [0, 0.1) is 5.92 Å². The van der Waals surface area contributed by atoms with Crippen molar-refractivity contribution in [3.8, 4) is 11.5 Å². The number of carbonyl (C=O) groups excluding carboxylic acids is 1. The highest BCUT2D eigenvalue weighted by Gasteiger charge is 2.38.